The van der Waals surface area contributed by atoms with Crippen molar-refractivity contribution in [2.75, 3.05) is 24.4 Å². The molecule has 1 atom stereocenters. The molecule has 0 unspecified atom stereocenters. The maximum Gasteiger partial charge on any atom is 0.238 e. The minimum atomic E-state index is -0.196. The Morgan fingerprint density at radius 3 is 2.53 bits per heavy atom. The van der Waals surface area contributed by atoms with Crippen LogP contribution >= 0.6 is 11.8 Å². The van der Waals surface area contributed by atoms with Crippen LogP contribution in [0.5, 0.6) is 11.5 Å². The van der Waals surface area contributed by atoms with E-state index in [0.717, 1.165) is 28.4 Å². The lowest BCUT2D eigenvalue weighted by Crippen LogP contribution is -2.42. The molecule has 0 N–H and O–H groups in total. The first-order valence-electron chi connectivity index (χ1n) is 10.9. The average Bonchev–Trinajstić information content (AvgIpc) is 3.27. The molecule has 1 aromatic heterocycles. The Balaban J connectivity index is 1.37. The number of ether oxygens (including phenoxy) is 2. The zero-order valence-electron chi connectivity index (χ0n) is 18.9. The van der Waals surface area contributed by atoms with Gasteiger partial charge in [0.15, 0.2) is 11.0 Å². The Hall–Kier alpha value is -3.78. The van der Waals surface area contributed by atoms with E-state index in [1.807, 2.05) is 95.4 Å². The van der Waals surface area contributed by atoms with Gasteiger partial charge in [-0.1, -0.05) is 54.2 Å². The second-order valence-corrected chi connectivity index (χ2v) is 8.79. The van der Waals surface area contributed by atoms with Crippen LogP contribution in [0.3, 0.4) is 0 Å². The number of thioether (sulfide) groups is 1. The van der Waals surface area contributed by atoms with Crippen LogP contribution in [-0.2, 0) is 11.8 Å². The van der Waals surface area contributed by atoms with Crippen molar-refractivity contribution in [3.05, 3.63) is 84.4 Å². The highest BCUT2D eigenvalue weighted by Crippen LogP contribution is 2.40. The van der Waals surface area contributed by atoms with Gasteiger partial charge in [-0.3, -0.25) is 9.69 Å². The Kier molecular flexibility index (Phi) is 6.22. The minimum absolute atomic E-state index is 0.0106. The van der Waals surface area contributed by atoms with Gasteiger partial charge in [-0.15, -0.1) is 10.2 Å². The Morgan fingerprint density at radius 2 is 1.76 bits per heavy atom. The summed E-state index contributed by atoms with van der Waals surface area (Å²) < 4.78 is 13.1. The number of hydrogen-bond acceptors (Lipinski definition) is 6. The summed E-state index contributed by atoms with van der Waals surface area (Å²) in [4.78, 5) is 15.4. The van der Waals surface area contributed by atoms with Gasteiger partial charge >= 0.3 is 0 Å². The van der Waals surface area contributed by atoms with Gasteiger partial charge in [0.1, 0.15) is 18.1 Å². The highest BCUT2D eigenvalue weighted by atomic mass is 32.2. The van der Waals surface area contributed by atoms with Gasteiger partial charge < -0.3 is 14.0 Å². The smallest absolute Gasteiger partial charge is 0.238 e. The quantitative estimate of drug-likeness (QED) is 0.377. The van der Waals surface area contributed by atoms with E-state index in [4.69, 9.17) is 9.47 Å². The van der Waals surface area contributed by atoms with E-state index >= 15 is 0 Å². The van der Waals surface area contributed by atoms with Crippen LogP contribution in [-0.4, -0.2) is 40.1 Å². The molecule has 34 heavy (non-hydrogen) atoms. The molecule has 0 saturated carbocycles. The number of fused-ring (bicyclic) bond motifs is 1. The lowest BCUT2D eigenvalue weighted by Gasteiger charge is -2.37. The summed E-state index contributed by atoms with van der Waals surface area (Å²) >= 11 is 1.38. The maximum atomic E-state index is 13.6. The Morgan fingerprint density at radius 1 is 1.03 bits per heavy atom. The second-order valence-electron chi connectivity index (χ2n) is 7.85. The summed E-state index contributed by atoms with van der Waals surface area (Å²) in [6.45, 7) is 0.406. The van der Waals surface area contributed by atoms with Gasteiger partial charge in [-0.25, -0.2) is 0 Å². The van der Waals surface area contributed by atoms with Crippen molar-refractivity contribution < 1.29 is 14.3 Å². The van der Waals surface area contributed by atoms with Gasteiger partial charge in [-0.05, 0) is 42.0 Å². The summed E-state index contributed by atoms with van der Waals surface area (Å²) in [5.41, 5.74) is 2.75. The molecule has 4 aromatic rings. The number of benzene rings is 3. The van der Waals surface area contributed by atoms with Crippen molar-refractivity contribution in [1.82, 2.24) is 14.8 Å². The number of amides is 1. The van der Waals surface area contributed by atoms with E-state index < -0.39 is 0 Å². The first-order valence-corrected chi connectivity index (χ1v) is 11.9. The van der Waals surface area contributed by atoms with Crippen LogP contribution in [0.1, 0.15) is 11.6 Å². The number of para-hydroxylation sites is 2. The lowest BCUT2D eigenvalue weighted by atomic mass is 10.0. The van der Waals surface area contributed by atoms with Crippen molar-refractivity contribution in [2.45, 2.75) is 11.2 Å². The fraction of sp³-hybridized carbons (Fsp3) is 0.192. The van der Waals surface area contributed by atoms with Crippen LogP contribution in [0.2, 0.25) is 0 Å². The molecule has 2 heterocycles. The predicted molar refractivity (Wildman–Crippen MR) is 132 cm³/mol. The third kappa shape index (κ3) is 4.24. The normalized spacial score (nSPS) is 14.9. The summed E-state index contributed by atoms with van der Waals surface area (Å²) in [7, 11) is 3.54. The molecule has 0 fully saturated rings. The number of carbonyl (C=O) groups is 1. The number of rotatable bonds is 6. The lowest BCUT2D eigenvalue weighted by molar-refractivity contribution is -0.117. The monoisotopic (exact) mass is 472 g/mol. The van der Waals surface area contributed by atoms with Gasteiger partial charge in [0, 0.05) is 12.6 Å². The number of hydrogen-bond donors (Lipinski definition) is 0. The third-order valence-electron chi connectivity index (χ3n) is 5.79. The SMILES string of the molecule is COc1ccc(-c2nnc(SCC(=O)N3c4ccccc4OC[C@H]3c3ccccc3)n2C)cc1. The van der Waals surface area contributed by atoms with Gasteiger partial charge in [-0.2, -0.15) is 0 Å². The van der Waals surface area contributed by atoms with Gasteiger partial charge in [0.25, 0.3) is 0 Å². The zero-order valence-corrected chi connectivity index (χ0v) is 19.7. The minimum Gasteiger partial charge on any atom is -0.497 e. The van der Waals surface area contributed by atoms with Crippen LogP contribution < -0.4 is 14.4 Å². The molecule has 0 aliphatic carbocycles. The van der Waals surface area contributed by atoms with Crippen molar-refractivity contribution in [2.24, 2.45) is 7.05 Å². The van der Waals surface area contributed by atoms with Crippen molar-refractivity contribution in [3.63, 3.8) is 0 Å². The standard InChI is InChI=1S/C26H24N4O3S/c1-29-25(19-12-14-20(32-2)15-13-19)27-28-26(29)34-17-24(31)30-21-10-6-7-11-23(21)33-16-22(30)18-8-4-3-5-9-18/h3-15,22H,16-17H2,1-2H3/t22-/m0/s1. The number of methoxy groups -OCH3 is 1. The van der Waals surface area contributed by atoms with Crippen molar-refractivity contribution >= 4 is 23.4 Å². The first-order chi connectivity index (χ1) is 16.7. The van der Waals surface area contributed by atoms with Gasteiger partial charge in [0.2, 0.25) is 5.91 Å². The van der Waals surface area contributed by atoms with E-state index in [9.17, 15) is 4.79 Å². The van der Waals surface area contributed by atoms with Crippen LogP contribution in [0.15, 0.2) is 84.0 Å². The van der Waals surface area contributed by atoms with E-state index in [0.29, 0.717) is 17.5 Å². The van der Waals surface area contributed by atoms with E-state index in [1.54, 1.807) is 7.11 Å². The largest absolute Gasteiger partial charge is 0.497 e. The highest BCUT2D eigenvalue weighted by molar-refractivity contribution is 7.99. The number of aromatic nitrogens is 3. The van der Waals surface area contributed by atoms with Crippen LogP contribution in [0.4, 0.5) is 5.69 Å². The molecule has 0 bridgehead atoms. The predicted octanol–water partition coefficient (Wildman–Crippen LogP) is 4.75. The molecule has 172 valence electrons. The Bertz CT molecular complexity index is 1290. The summed E-state index contributed by atoms with van der Waals surface area (Å²) in [6.07, 6.45) is 0. The van der Waals surface area contributed by atoms with Crippen LogP contribution in [0.25, 0.3) is 11.4 Å². The average molecular weight is 473 g/mol. The molecular formula is C26H24N4O3S. The molecule has 0 spiro atoms. The summed E-state index contributed by atoms with van der Waals surface area (Å²) in [5, 5.41) is 9.34. The number of carbonyl (C=O) groups excluding carboxylic acids is 1. The Labute approximate surface area is 202 Å². The van der Waals surface area contributed by atoms with Crippen LogP contribution in [0, 0.1) is 0 Å². The number of anilines is 1. The fourth-order valence-electron chi connectivity index (χ4n) is 4.05. The molecule has 1 amide bonds. The molecule has 5 rings (SSSR count). The molecule has 7 nitrogen and oxygen atoms in total. The fourth-order valence-corrected chi connectivity index (χ4v) is 4.82. The van der Waals surface area contributed by atoms with Crippen molar-refractivity contribution in [3.8, 4) is 22.9 Å². The highest BCUT2D eigenvalue weighted by Gasteiger charge is 2.33. The van der Waals surface area contributed by atoms with Crippen molar-refractivity contribution in [1.29, 1.82) is 0 Å². The molecule has 1 aliphatic rings. The molecular weight excluding hydrogens is 448 g/mol. The molecule has 0 saturated heterocycles. The summed E-state index contributed by atoms with van der Waals surface area (Å²) in [5.74, 6) is 2.45. The maximum absolute atomic E-state index is 13.6. The first kappa shape index (κ1) is 22.0. The topological polar surface area (TPSA) is 69.5 Å². The molecule has 3 aromatic carbocycles. The van der Waals surface area contributed by atoms with Gasteiger partial charge in [0.05, 0.1) is 24.6 Å². The molecule has 8 heteroatoms. The van der Waals surface area contributed by atoms with E-state index in [-0.39, 0.29) is 17.7 Å². The molecule has 0 radical (unpaired) electrons. The van der Waals surface area contributed by atoms with E-state index in [2.05, 4.69) is 10.2 Å². The second kappa shape index (κ2) is 9.61. The summed E-state index contributed by atoms with van der Waals surface area (Å²) in [6, 6.07) is 25.1. The third-order valence-corrected chi connectivity index (χ3v) is 6.80. The number of nitrogens with zero attached hydrogens (tertiary/aromatic N) is 4. The molecule has 1 aliphatic heterocycles. The zero-order chi connectivity index (χ0) is 23.5. The van der Waals surface area contributed by atoms with E-state index in [1.165, 1.54) is 11.8 Å².